The van der Waals surface area contributed by atoms with Gasteiger partial charge in [0.1, 0.15) is 11.4 Å². The second kappa shape index (κ2) is 6.50. The van der Waals surface area contributed by atoms with Crippen molar-refractivity contribution >= 4 is 35.3 Å². The highest BCUT2D eigenvalue weighted by atomic mass is 16.7. The first kappa shape index (κ1) is 19.6. The molecule has 3 rings (SSSR count). The fraction of sp³-hybridized carbons (Fsp3) is 0.500. The van der Waals surface area contributed by atoms with E-state index in [4.69, 9.17) is 14.0 Å². The van der Waals surface area contributed by atoms with Crippen molar-refractivity contribution in [2.75, 3.05) is 5.32 Å². The van der Waals surface area contributed by atoms with Gasteiger partial charge >= 0.3 is 13.2 Å². The maximum absolute atomic E-state index is 12.0. The Balaban J connectivity index is 1.87. The standard InChI is InChI=1S/C20H27BN2O4/c1-18(2,3)25-17(24)23-16-11-13-9-8-10-15(14(13)12-22-16)21-26-19(4,5)20(6,7)27-21/h8-12H,1-7H3,(H,22,23,24). The summed E-state index contributed by atoms with van der Waals surface area (Å²) in [6.07, 6.45) is 1.19. The Labute approximate surface area is 160 Å². The topological polar surface area (TPSA) is 69.7 Å². The van der Waals surface area contributed by atoms with Crippen LogP contribution in [0.15, 0.2) is 30.5 Å². The molecule has 144 valence electrons. The van der Waals surface area contributed by atoms with E-state index in [1.807, 2.05) is 72.7 Å². The van der Waals surface area contributed by atoms with Gasteiger partial charge in [-0.1, -0.05) is 18.2 Å². The number of carbonyl (C=O) groups is 1. The number of rotatable bonds is 2. The van der Waals surface area contributed by atoms with E-state index in [0.29, 0.717) is 5.82 Å². The summed E-state index contributed by atoms with van der Waals surface area (Å²) in [7, 11) is -0.467. The van der Waals surface area contributed by atoms with Crippen LogP contribution in [0.1, 0.15) is 48.5 Å². The van der Waals surface area contributed by atoms with Gasteiger partial charge < -0.3 is 14.0 Å². The maximum Gasteiger partial charge on any atom is 0.495 e. The summed E-state index contributed by atoms with van der Waals surface area (Å²) in [6, 6.07) is 7.70. The summed E-state index contributed by atoms with van der Waals surface area (Å²) >= 11 is 0. The van der Waals surface area contributed by atoms with Gasteiger partial charge in [-0.3, -0.25) is 5.32 Å². The fourth-order valence-corrected chi connectivity index (χ4v) is 2.85. The normalized spacial score (nSPS) is 18.6. The van der Waals surface area contributed by atoms with Gasteiger partial charge in [0, 0.05) is 6.20 Å². The lowest BCUT2D eigenvalue weighted by atomic mass is 9.76. The number of hydrogen-bond acceptors (Lipinski definition) is 5. The monoisotopic (exact) mass is 370 g/mol. The molecule has 1 fully saturated rings. The van der Waals surface area contributed by atoms with Gasteiger partial charge in [0.15, 0.2) is 0 Å². The predicted molar refractivity (Wildman–Crippen MR) is 107 cm³/mol. The number of benzene rings is 1. The molecule has 27 heavy (non-hydrogen) atoms. The molecule has 0 saturated carbocycles. The summed E-state index contributed by atoms with van der Waals surface area (Å²) in [4.78, 5) is 16.3. The van der Waals surface area contributed by atoms with E-state index in [1.165, 1.54) is 0 Å². The van der Waals surface area contributed by atoms with Crippen molar-refractivity contribution in [3.63, 3.8) is 0 Å². The number of hydrogen-bond donors (Lipinski definition) is 1. The molecular weight excluding hydrogens is 343 g/mol. The number of nitrogens with one attached hydrogen (secondary N) is 1. The van der Waals surface area contributed by atoms with E-state index in [9.17, 15) is 4.79 Å². The molecule has 2 aromatic rings. The average Bonchev–Trinajstić information content (AvgIpc) is 2.72. The van der Waals surface area contributed by atoms with Crippen molar-refractivity contribution in [3.05, 3.63) is 30.5 Å². The van der Waals surface area contributed by atoms with Crippen LogP contribution in [0, 0.1) is 0 Å². The summed E-state index contributed by atoms with van der Waals surface area (Å²) in [6.45, 7) is 13.6. The van der Waals surface area contributed by atoms with Crippen molar-refractivity contribution in [2.24, 2.45) is 0 Å². The van der Waals surface area contributed by atoms with Gasteiger partial charge in [0.2, 0.25) is 0 Å². The number of carbonyl (C=O) groups excluding carboxylic acids is 1. The Morgan fingerprint density at radius 2 is 1.78 bits per heavy atom. The van der Waals surface area contributed by atoms with Gasteiger partial charge in [-0.25, -0.2) is 9.78 Å². The second-order valence-corrected chi connectivity index (χ2v) is 8.85. The minimum atomic E-state index is -0.565. The number of pyridine rings is 1. The number of nitrogens with zero attached hydrogens (tertiary/aromatic N) is 1. The third-order valence-corrected chi connectivity index (χ3v) is 4.93. The molecule has 0 spiro atoms. The highest BCUT2D eigenvalue weighted by Gasteiger charge is 2.52. The maximum atomic E-state index is 12.0. The second-order valence-electron chi connectivity index (χ2n) is 8.85. The molecule has 1 aliphatic heterocycles. The van der Waals surface area contributed by atoms with Crippen LogP contribution in [0.25, 0.3) is 10.8 Å². The molecule has 1 aromatic heterocycles. The van der Waals surface area contributed by atoms with Crippen LogP contribution in [-0.4, -0.2) is 35.0 Å². The number of anilines is 1. The first-order valence-electron chi connectivity index (χ1n) is 9.12. The number of aromatic nitrogens is 1. The number of ether oxygens (including phenoxy) is 1. The van der Waals surface area contributed by atoms with Crippen LogP contribution in [0.3, 0.4) is 0 Å². The molecule has 0 aliphatic carbocycles. The zero-order valence-electron chi connectivity index (χ0n) is 17.0. The minimum Gasteiger partial charge on any atom is -0.444 e. The Bertz CT molecular complexity index is 858. The van der Waals surface area contributed by atoms with E-state index >= 15 is 0 Å². The molecular formula is C20H27BN2O4. The van der Waals surface area contributed by atoms with Gasteiger partial charge in [0.25, 0.3) is 0 Å². The Kier molecular flexibility index (Phi) is 4.72. The summed E-state index contributed by atoms with van der Waals surface area (Å²) in [5.41, 5.74) is -0.468. The molecule has 0 atom stereocenters. The van der Waals surface area contributed by atoms with Crippen LogP contribution < -0.4 is 10.8 Å². The Morgan fingerprint density at radius 1 is 1.15 bits per heavy atom. The molecule has 1 aliphatic rings. The number of amides is 1. The van der Waals surface area contributed by atoms with Crippen molar-refractivity contribution in [1.29, 1.82) is 0 Å². The molecule has 7 heteroatoms. The molecule has 1 amide bonds. The molecule has 6 nitrogen and oxygen atoms in total. The predicted octanol–water partition coefficient (Wildman–Crippen LogP) is 3.88. The highest BCUT2D eigenvalue weighted by molar-refractivity contribution is 6.65. The largest absolute Gasteiger partial charge is 0.495 e. The lowest BCUT2D eigenvalue weighted by Crippen LogP contribution is -2.41. The van der Waals surface area contributed by atoms with Gasteiger partial charge in [-0.15, -0.1) is 0 Å². The zero-order valence-corrected chi connectivity index (χ0v) is 17.0. The van der Waals surface area contributed by atoms with Gasteiger partial charge in [-0.05, 0) is 70.8 Å². The van der Waals surface area contributed by atoms with E-state index < -0.39 is 30.0 Å². The third kappa shape index (κ3) is 4.09. The van der Waals surface area contributed by atoms with Crippen molar-refractivity contribution in [1.82, 2.24) is 4.98 Å². The first-order chi connectivity index (χ1) is 12.4. The fourth-order valence-electron chi connectivity index (χ4n) is 2.85. The molecule has 2 heterocycles. The third-order valence-electron chi connectivity index (χ3n) is 4.93. The van der Waals surface area contributed by atoms with Gasteiger partial charge in [-0.2, -0.15) is 0 Å². The quantitative estimate of drug-likeness (QED) is 0.813. The van der Waals surface area contributed by atoms with Crippen LogP contribution >= 0.6 is 0 Å². The molecule has 0 radical (unpaired) electrons. The van der Waals surface area contributed by atoms with Crippen molar-refractivity contribution in [3.8, 4) is 0 Å². The van der Waals surface area contributed by atoms with E-state index in [-0.39, 0.29) is 0 Å². The van der Waals surface area contributed by atoms with E-state index in [2.05, 4.69) is 10.3 Å². The average molecular weight is 370 g/mol. The van der Waals surface area contributed by atoms with Crippen molar-refractivity contribution in [2.45, 2.75) is 65.3 Å². The van der Waals surface area contributed by atoms with Crippen LogP contribution in [0.4, 0.5) is 10.6 Å². The van der Waals surface area contributed by atoms with Crippen molar-refractivity contribution < 1.29 is 18.8 Å². The lowest BCUT2D eigenvalue weighted by Gasteiger charge is -2.32. The Hall–Kier alpha value is -2.12. The SMILES string of the molecule is CC(C)(C)OC(=O)Nc1cc2cccc(B3OC(C)(C)C(C)(C)O3)c2cn1. The molecule has 1 saturated heterocycles. The van der Waals surface area contributed by atoms with Crippen LogP contribution in [0.5, 0.6) is 0 Å². The van der Waals surface area contributed by atoms with Crippen LogP contribution in [0.2, 0.25) is 0 Å². The number of fused-ring (bicyclic) bond motifs is 1. The highest BCUT2D eigenvalue weighted by Crippen LogP contribution is 2.37. The molecule has 1 aromatic carbocycles. The Morgan fingerprint density at radius 3 is 2.37 bits per heavy atom. The molecule has 1 N–H and O–H groups in total. The molecule has 0 bridgehead atoms. The zero-order chi connectivity index (χ0) is 20.0. The van der Waals surface area contributed by atoms with E-state index in [1.54, 1.807) is 6.20 Å². The van der Waals surface area contributed by atoms with E-state index in [0.717, 1.165) is 16.2 Å². The summed E-state index contributed by atoms with van der Waals surface area (Å²) in [5.74, 6) is 0.433. The minimum absolute atomic E-state index is 0.411. The summed E-state index contributed by atoms with van der Waals surface area (Å²) in [5, 5.41) is 4.53. The first-order valence-corrected chi connectivity index (χ1v) is 9.12. The van der Waals surface area contributed by atoms with Crippen LogP contribution in [-0.2, 0) is 14.0 Å². The van der Waals surface area contributed by atoms with Gasteiger partial charge in [0.05, 0.1) is 11.2 Å². The summed E-state index contributed by atoms with van der Waals surface area (Å²) < 4.78 is 17.6. The smallest absolute Gasteiger partial charge is 0.444 e. The lowest BCUT2D eigenvalue weighted by molar-refractivity contribution is 0.00578. The molecule has 0 unspecified atom stereocenters.